The zero-order valence-electron chi connectivity index (χ0n) is 16.3. The number of nitrogens with one attached hydrogen (secondary N) is 1. The number of nitrogens with zero attached hydrogens (tertiary/aromatic N) is 1. The summed E-state index contributed by atoms with van der Waals surface area (Å²) in [7, 11) is -5.81. The van der Waals surface area contributed by atoms with Crippen LogP contribution in [0, 0.1) is 13.8 Å². The van der Waals surface area contributed by atoms with E-state index in [1.807, 2.05) is 13.8 Å². The van der Waals surface area contributed by atoms with Crippen molar-refractivity contribution >= 4 is 31.4 Å². The summed E-state index contributed by atoms with van der Waals surface area (Å²) in [5.74, 6) is 0.275. The molecule has 0 unspecified atom stereocenters. The van der Waals surface area contributed by atoms with Gasteiger partial charge in [-0.05, 0) is 73.7 Å². The molecule has 0 radical (unpaired) electrons. The summed E-state index contributed by atoms with van der Waals surface area (Å²) >= 11 is 0. The molecule has 1 heterocycles. The Hall–Kier alpha value is -2.26. The third-order valence-electron chi connectivity index (χ3n) is 4.88. The van der Waals surface area contributed by atoms with E-state index in [4.69, 9.17) is 4.74 Å². The van der Waals surface area contributed by atoms with E-state index in [0.29, 0.717) is 30.8 Å². The first-order chi connectivity index (χ1) is 13.0. The lowest BCUT2D eigenvalue weighted by Gasteiger charge is -2.29. The zero-order chi connectivity index (χ0) is 20.7. The Kier molecular flexibility index (Phi) is 5.33. The molecule has 0 aliphatic carbocycles. The van der Waals surface area contributed by atoms with Crippen LogP contribution in [0.5, 0.6) is 5.75 Å². The van der Waals surface area contributed by atoms with Crippen LogP contribution >= 0.6 is 0 Å². The van der Waals surface area contributed by atoms with E-state index in [9.17, 15) is 16.8 Å². The molecule has 152 valence electrons. The summed E-state index contributed by atoms with van der Waals surface area (Å²) in [6.45, 7) is 4.15. The minimum atomic E-state index is -3.87. The third-order valence-corrected chi connectivity index (χ3v) is 7.46. The highest BCUT2D eigenvalue weighted by Crippen LogP contribution is 2.33. The van der Waals surface area contributed by atoms with Crippen molar-refractivity contribution in [1.82, 2.24) is 0 Å². The molecule has 2 aromatic rings. The van der Waals surface area contributed by atoms with Crippen LogP contribution in [0.2, 0.25) is 0 Å². The molecule has 2 aromatic carbocycles. The molecule has 28 heavy (non-hydrogen) atoms. The highest BCUT2D eigenvalue weighted by molar-refractivity contribution is 7.93. The average Bonchev–Trinajstić information content (AvgIpc) is 2.61. The first-order valence-electron chi connectivity index (χ1n) is 8.81. The Morgan fingerprint density at radius 1 is 1.04 bits per heavy atom. The van der Waals surface area contributed by atoms with Crippen LogP contribution < -0.4 is 13.8 Å². The van der Waals surface area contributed by atoms with Gasteiger partial charge in [0, 0.05) is 12.2 Å². The van der Waals surface area contributed by atoms with E-state index in [2.05, 4.69) is 4.72 Å². The summed E-state index contributed by atoms with van der Waals surface area (Å²) in [4.78, 5) is 0.0635. The molecule has 1 aliphatic heterocycles. The number of benzene rings is 2. The number of hydrogen-bond acceptors (Lipinski definition) is 5. The highest BCUT2D eigenvalue weighted by atomic mass is 32.2. The number of fused-ring (bicyclic) bond motifs is 1. The SMILES string of the molecule is COc1cc(C)c(C)cc1S(=O)(=O)Nc1ccc2c(c1)CCCN2S(C)(=O)=O. The van der Waals surface area contributed by atoms with Crippen LogP contribution in [0.25, 0.3) is 0 Å². The Morgan fingerprint density at radius 3 is 2.36 bits per heavy atom. The monoisotopic (exact) mass is 424 g/mol. The van der Waals surface area contributed by atoms with E-state index in [0.717, 1.165) is 16.7 Å². The van der Waals surface area contributed by atoms with Crippen molar-refractivity contribution in [2.75, 3.05) is 28.9 Å². The van der Waals surface area contributed by atoms with Gasteiger partial charge in [0.2, 0.25) is 10.0 Å². The molecule has 0 spiro atoms. The molecule has 0 saturated heterocycles. The lowest BCUT2D eigenvalue weighted by Crippen LogP contribution is -2.34. The van der Waals surface area contributed by atoms with Gasteiger partial charge in [0.05, 0.1) is 19.1 Å². The van der Waals surface area contributed by atoms with Gasteiger partial charge in [0.25, 0.3) is 10.0 Å². The maximum Gasteiger partial charge on any atom is 0.265 e. The minimum Gasteiger partial charge on any atom is -0.495 e. The summed E-state index contributed by atoms with van der Waals surface area (Å²) in [5.41, 5.74) is 3.56. The van der Waals surface area contributed by atoms with Crippen molar-refractivity contribution in [3.05, 3.63) is 47.0 Å². The molecule has 3 rings (SSSR count). The Balaban J connectivity index is 1.98. The Bertz CT molecular complexity index is 1130. The number of methoxy groups -OCH3 is 1. The normalized spacial score (nSPS) is 14.5. The molecule has 0 fully saturated rings. The predicted molar refractivity (Wildman–Crippen MR) is 110 cm³/mol. The molecule has 0 saturated carbocycles. The number of ether oxygens (including phenoxy) is 1. The molecule has 9 heteroatoms. The van der Waals surface area contributed by atoms with Gasteiger partial charge >= 0.3 is 0 Å². The molecule has 0 aromatic heterocycles. The first-order valence-corrected chi connectivity index (χ1v) is 12.1. The Labute approximate surface area is 166 Å². The maximum absolute atomic E-state index is 12.9. The number of sulfonamides is 2. The quantitative estimate of drug-likeness (QED) is 0.797. The maximum atomic E-state index is 12.9. The van der Waals surface area contributed by atoms with Crippen LogP contribution in [0.3, 0.4) is 0 Å². The second-order valence-corrected chi connectivity index (χ2v) is 10.5. The number of hydrogen-bond donors (Lipinski definition) is 1. The largest absolute Gasteiger partial charge is 0.495 e. The van der Waals surface area contributed by atoms with Gasteiger partial charge in [0.1, 0.15) is 10.6 Å². The van der Waals surface area contributed by atoms with Crippen molar-refractivity contribution in [1.29, 1.82) is 0 Å². The summed E-state index contributed by atoms with van der Waals surface area (Å²) in [6, 6.07) is 8.19. The van der Waals surface area contributed by atoms with Gasteiger partial charge in [0.15, 0.2) is 0 Å². The van der Waals surface area contributed by atoms with E-state index in [1.54, 1.807) is 30.3 Å². The smallest absolute Gasteiger partial charge is 0.265 e. The Morgan fingerprint density at radius 2 is 1.71 bits per heavy atom. The zero-order valence-corrected chi connectivity index (χ0v) is 17.9. The van der Waals surface area contributed by atoms with Crippen molar-refractivity contribution in [3.8, 4) is 5.75 Å². The summed E-state index contributed by atoms with van der Waals surface area (Å²) < 4.78 is 59.0. The lowest BCUT2D eigenvalue weighted by molar-refractivity contribution is 0.402. The number of aryl methyl sites for hydroxylation is 3. The standard InChI is InChI=1S/C19H24N2O5S2/c1-13-10-18(26-3)19(11-14(13)2)28(24,25)20-16-7-8-17-15(12-16)6-5-9-21(17)27(4,22)23/h7-8,10-12,20H,5-6,9H2,1-4H3. The fraction of sp³-hybridized carbons (Fsp3) is 0.368. The van der Waals surface area contributed by atoms with Gasteiger partial charge in [-0.3, -0.25) is 9.03 Å². The van der Waals surface area contributed by atoms with Gasteiger partial charge in [-0.2, -0.15) is 0 Å². The second-order valence-electron chi connectivity index (χ2n) is 6.97. The predicted octanol–water partition coefficient (Wildman–Crippen LogP) is 2.83. The van der Waals surface area contributed by atoms with Crippen LogP contribution in [0.1, 0.15) is 23.1 Å². The van der Waals surface area contributed by atoms with Crippen molar-refractivity contribution in [2.24, 2.45) is 0 Å². The van der Waals surface area contributed by atoms with Crippen LogP contribution in [0.15, 0.2) is 35.2 Å². The fourth-order valence-corrected chi connectivity index (χ4v) is 5.60. The molecule has 0 amide bonds. The molecular formula is C19H24N2O5S2. The van der Waals surface area contributed by atoms with Crippen molar-refractivity contribution in [3.63, 3.8) is 0 Å². The molecule has 0 bridgehead atoms. The van der Waals surface area contributed by atoms with Crippen LogP contribution in [-0.4, -0.2) is 36.7 Å². The first kappa shape index (κ1) is 20.5. The minimum absolute atomic E-state index is 0.0635. The van der Waals surface area contributed by atoms with Gasteiger partial charge in [-0.25, -0.2) is 16.8 Å². The molecule has 0 atom stereocenters. The van der Waals surface area contributed by atoms with Crippen molar-refractivity contribution < 1.29 is 21.6 Å². The van der Waals surface area contributed by atoms with Gasteiger partial charge in [-0.15, -0.1) is 0 Å². The van der Waals surface area contributed by atoms with E-state index < -0.39 is 20.0 Å². The number of anilines is 2. The molecule has 1 aliphatic rings. The molecular weight excluding hydrogens is 400 g/mol. The highest BCUT2D eigenvalue weighted by Gasteiger charge is 2.25. The average molecular weight is 425 g/mol. The summed E-state index contributed by atoms with van der Waals surface area (Å²) in [6.07, 6.45) is 2.54. The topological polar surface area (TPSA) is 92.8 Å². The third kappa shape index (κ3) is 3.95. The molecule has 1 N–H and O–H groups in total. The molecule has 7 nitrogen and oxygen atoms in total. The number of rotatable bonds is 5. The lowest BCUT2D eigenvalue weighted by atomic mass is 10.0. The van der Waals surface area contributed by atoms with Gasteiger partial charge < -0.3 is 4.74 Å². The second kappa shape index (κ2) is 7.29. The van der Waals surface area contributed by atoms with E-state index in [-0.39, 0.29) is 10.6 Å². The van der Waals surface area contributed by atoms with Crippen molar-refractivity contribution in [2.45, 2.75) is 31.6 Å². The fourth-order valence-electron chi connectivity index (χ4n) is 3.31. The van der Waals surface area contributed by atoms with Crippen LogP contribution in [-0.2, 0) is 26.5 Å². The van der Waals surface area contributed by atoms with E-state index in [1.165, 1.54) is 17.7 Å². The van der Waals surface area contributed by atoms with E-state index >= 15 is 0 Å². The van der Waals surface area contributed by atoms with Gasteiger partial charge in [-0.1, -0.05) is 0 Å². The summed E-state index contributed by atoms with van der Waals surface area (Å²) in [5, 5.41) is 0. The van der Waals surface area contributed by atoms with Crippen LogP contribution in [0.4, 0.5) is 11.4 Å².